The predicted molar refractivity (Wildman–Crippen MR) is 77.1 cm³/mol. The van der Waals surface area contributed by atoms with Gasteiger partial charge in [0.2, 0.25) is 0 Å². The van der Waals surface area contributed by atoms with E-state index in [1.165, 1.54) is 0 Å². The largest absolute Gasteiger partial charge is 0.493 e. The summed E-state index contributed by atoms with van der Waals surface area (Å²) in [4.78, 5) is 4.71. The third-order valence-corrected chi connectivity index (χ3v) is 3.32. The SMILES string of the molecule is COc1ccc(C2N=c3ccccc3=CN2)cc1OC. The number of hydrogen-bond donors (Lipinski definition) is 1. The number of fused-ring (bicyclic) bond motifs is 1. The molecule has 3 rings (SSSR count). The van der Waals surface area contributed by atoms with Gasteiger partial charge in [0.05, 0.1) is 19.6 Å². The molecule has 102 valence electrons. The molecular formula is C16H16N2O2. The van der Waals surface area contributed by atoms with Crippen molar-refractivity contribution in [3.63, 3.8) is 0 Å². The molecule has 0 amide bonds. The Morgan fingerprint density at radius 3 is 2.60 bits per heavy atom. The maximum absolute atomic E-state index is 5.33. The molecule has 20 heavy (non-hydrogen) atoms. The van der Waals surface area contributed by atoms with E-state index in [1.807, 2.05) is 48.7 Å². The molecule has 0 bridgehead atoms. The van der Waals surface area contributed by atoms with Gasteiger partial charge in [0.25, 0.3) is 0 Å². The maximum Gasteiger partial charge on any atom is 0.161 e. The fourth-order valence-electron chi connectivity index (χ4n) is 2.27. The Kier molecular flexibility index (Phi) is 3.29. The number of benzene rings is 2. The fourth-order valence-corrected chi connectivity index (χ4v) is 2.27. The Bertz CT molecular complexity index is 740. The highest BCUT2D eigenvalue weighted by Gasteiger charge is 2.13. The molecule has 1 unspecified atom stereocenters. The molecule has 2 aromatic carbocycles. The Hall–Kier alpha value is -2.49. The summed E-state index contributed by atoms with van der Waals surface area (Å²) in [6, 6.07) is 13.9. The van der Waals surface area contributed by atoms with Crippen molar-refractivity contribution in [3.8, 4) is 11.5 Å². The van der Waals surface area contributed by atoms with Crippen molar-refractivity contribution in [1.29, 1.82) is 0 Å². The molecule has 0 saturated heterocycles. The maximum atomic E-state index is 5.33. The second kappa shape index (κ2) is 5.25. The second-order valence-electron chi connectivity index (χ2n) is 4.52. The van der Waals surface area contributed by atoms with E-state index in [4.69, 9.17) is 14.5 Å². The Morgan fingerprint density at radius 2 is 1.80 bits per heavy atom. The monoisotopic (exact) mass is 268 g/mol. The molecule has 0 spiro atoms. The highest BCUT2D eigenvalue weighted by Crippen LogP contribution is 2.30. The summed E-state index contributed by atoms with van der Waals surface area (Å²) < 4.78 is 10.6. The third kappa shape index (κ3) is 2.20. The molecule has 0 fully saturated rings. The van der Waals surface area contributed by atoms with Crippen LogP contribution in [0.25, 0.3) is 6.20 Å². The Morgan fingerprint density at radius 1 is 1.00 bits per heavy atom. The molecule has 1 heterocycles. The van der Waals surface area contributed by atoms with Crippen LogP contribution in [0.1, 0.15) is 11.7 Å². The standard InChI is InChI=1S/C16H16N2O2/c1-19-14-8-7-11(9-15(14)20-2)16-17-10-12-5-3-4-6-13(12)18-16/h3-10,16-17H,1-2H3. The van der Waals surface area contributed by atoms with Crippen LogP contribution in [0.15, 0.2) is 47.5 Å². The lowest BCUT2D eigenvalue weighted by molar-refractivity contribution is 0.354. The second-order valence-corrected chi connectivity index (χ2v) is 4.52. The minimum atomic E-state index is -0.107. The number of ether oxygens (including phenoxy) is 2. The number of methoxy groups -OCH3 is 2. The first-order valence-corrected chi connectivity index (χ1v) is 6.43. The molecule has 1 N–H and O–H groups in total. The average Bonchev–Trinajstić information content (AvgIpc) is 2.53. The third-order valence-electron chi connectivity index (χ3n) is 3.32. The van der Waals surface area contributed by atoms with Crippen LogP contribution in [0.5, 0.6) is 11.5 Å². The van der Waals surface area contributed by atoms with Crippen LogP contribution in [0.3, 0.4) is 0 Å². The molecule has 1 aliphatic heterocycles. The normalized spacial score (nSPS) is 16.2. The molecule has 1 aliphatic rings. The van der Waals surface area contributed by atoms with E-state index in [9.17, 15) is 0 Å². The highest BCUT2D eigenvalue weighted by molar-refractivity contribution is 5.44. The number of hydrogen-bond acceptors (Lipinski definition) is 4. The van der Waals surface area contributed by atoms with E-state index >= 15 is 0 Å². The number of nitrogens with one attached hydrogen (secondary N) is 1. The molecule has 0 aliphatic carbocycles. The highest BCUT2D eigenvalue weighted by atomic mass is 16.5. The van der Waals surface area contributed by atoms with Crippen molar-refractivity contribution in [2.75, 3.05) is 14.2 Å². The average molecular weight is 268 g/mol. The lowest BCUT2D eigenvalue weighted by atomic mass is 10.1. The van der Waals surface area contributed by atoms with Crippen LogP contribution >= 0.6 is 0 Å². The summed E-state index contributed by atoms with van der Waals surface area (Å²) in [5.74, 6) is 1.43. The van der Waals surface area contributed by atoms with Crippen molar-refractivity contribution in [2.45, 2.75) is 6.17 Å². The number of nitrogens with zero attached hydrogens (tertiary/aromatic N) is 1. The van der Waals surface area contributed by atoms with E-state index in [-0.39, 0.29) is 6.17 Å². The van der Waals surface area contributed by atoms with Gasteiger partial charge >= 0.3 is 0 Å². The van der Waals surface area contributed by atoms with Gasteiger partial charge in [-0.1, -0.05) is 24.3 Å². The van der Waals surface area contributed by atoms with Crippen LogP contribution in [0, 0.1) is 0 Å². The van der Waals surface area contributed by atoms with Crippen LogP contribution < -0.4 is 25.4 Å². The van der Waals surface area contributed by atoms with Crippen molar-refractivity contribution >= 4 is 6.20 Å². The van der Waals surface area contributed by atoms with Crippen molar-refractivity contribution < 1.29 is 9.47 Å². The Labute approximate surface area is 117 Å². The van der Waals surface area contributed by atoms with Gasteiger partial charge in [0, 0.05) is 17.0 Å². The van der Waals surface area contributed by atoms with Gasteiger partial charge in [-0.05, 0) is 18.2 Å². The van der Waals surface area contributed by atoms with Gasteiger partial charge in [-0.15, -0.1) is 0 Å². The summed E-state index contributed by atoms with van der Waals surface area (Å²) in [5, 5.41) is 5.39. The van der Waals surface area contributed by atoms with E-state index in [1.54, 1.807) is 14.2 Å². The Balaban J connectivity index is 2.01. The number of rotatable bonds is 3. The molecule has 0 aromatic heterocycles. The van der Waals surface area contributed by atoms with Gasteiger partial charge in [0.15, 0.2) is 11.5 Å². The van der Waals surface area contributed by atoms with Crippen LogP contribution in [0.2, 0.25) is 0 Å². The zero-order valence-electron chi connectivity index (χ0n) is 11.5. The minimum absolute atomic E-state index is 0.107. The molecule has 4 nitrogen and oxygen atoms in total. The van der Waals surface area contributed by atoms with E-state index < -0.39 is 0 Å². The van der Waals surface area contributed by atoms with Crippen molar-refractivity contribution in [1.82, 2.24) is 5.32 Å². The fraction of sp³-hybridized carbons (Fsp3) is 0.188. The summed E-state index contributed by atoms with van der Waals surface area (Å²) in [5.41, 5.74) is 1.04. The lowest BCUT2D eigenvalue weighted by Gasteiger charge is -2.18. The zero-order valence-corrected chi connectivity index (χ0v) is 11.5. The summed E-state index contributed by atoms with van der Waals surface area (Å²) >= 11 is 0. The molecule has 4 heteroatoms. The van der Waals surface area contributed by atoms with Gasteiger partial charge < -0.3 is 14.8 Å². The van der Waals surface area contributed by atoms with E-state index in [0.717, 1.165) is 21.9 Å². The first kappa shape index (κ1) is 12.5. The summed E-state index contributed by atoms with van der Waals surface area (Å²) in [7, 11) is 3.26. The first-order valence-electron chi connectivity index (χ1n) is 6.43. The zero-order chi connectivity index (χ0) is 13.9. The van der Waals surface area contributed by atoms with Crippen molar-refractivity contribution in [3.05, 3.63) is 58.6 Å². The smallest absolute Gasteiger partial charge is 0.161 e. The van der Waals surface area contributed by atoms with Crippen LogP contribution in [-0.4, -0.2) is 14.2 Å². The topological polar surface area (TPSA) is 42.8 Å². The first-order chi connectivity index (χ1) is 9.81. The number of para-hydroxylation sites is 1. The molecular weight excluding hydrogens is 252 g/mol. The quantitative estimate of drug-likeness (QED) is 0.914. The predicted octanol–water partition coefficient (Wildman–Crippen LogP) is 1.36. The van der Waals surface area contributed by atoms with Gasteiger partial charge in [-0.3, -0.25) is 4.99 Å². The summed E-state index contributed by atoms with van der Waals surface area (Å²) in [6.45, 7) is 0. The minimum Gasteiger partial charge on any atom is -0.493 e. The van der Waals surface area contributed by atoms with Crippen LogP contribution in [0.4, 0.5) is 0 Å². The van der Waals surface area contributed by atoms with Gasteiger partial charge in [-0.2, -0.15) is 0 Å². The lowest BCUT2D eigenvalue weighted by Crippen LogP contribution is -2.34. The molecule has 1 atom stereocenters. The van der Waals surface area contributed by atoms with E-state index in [0.29, 0.717) is 5.75 Å². The van der Waals surface area contributed by atoms with Crippen molar-refractivity contribution in [2.24, 2.45) is 4.99 Å². The molecule has 2 aromatic rings. The summed E-state index contributed by atoms with van der Waals surface area (Å²) in [6.07, 6.45) is 1.88. The van der Waals surface area contributed by atoms with Crippen LogP contribution in [-0.2, 0) is 0 Å². The van der Waals surface area contributed by atoms with Gasteiger partial charge in [-0.25, -0.2) is 0 Å². The van der Waals surface area contributed by atoms with E-state index in [2.05, 4.69) is 5.32 Å². The molecule has 0 saturated carbocycles. The van der Waals surface area contributed by atoms with Gasteiger partial charge in [0.1, 0.15) is 6.17 Å². The molecule has 0 radical (unpaired) electrons.